The van der Waals surface area contributed by atoms with Crippen LogP contribution in [-0.2, 0) is 13.6 Å². The molecular formula is C14H25IN6. The Hall–Kier alpha value is -0.860. The highest BCUT2D eigenvalue weighted by atomic mass is 127. The van der Waals surface area contributed by atoms with Crippen molar-refractivity contribution in [2.24, 2.45) is 17.5 Å². The van der Waals surface area contributed by atoms with Gasteiger partial charge in [-0.15, -0.1) is 34.2 Å². The van der Waals surface area contributed by atoms with E-state index in [4.69, 9.17) is 4.99 Å². The SMILES string of the molecule is CCNC(=NCc1nncn1C)N1CCC2(CCC2)C1.I. The maximum absolute atomic E-state index is 4.73. The van der Waals surface area contributed by atoms with E-state index in [-0.39, 0.29) is 24.0 Å². The summed E-state index contributed by atoms with van der Waals surface area (Å²) in [5.74, 6) is 1.93. The molecule has 1 spiro atoms. The normalized spacial score (nSPS) is 20.3. The Morgan fingerprint density at radius 3 is 2.76 bits per heavy atom. The van der Waals surface area contributed by atoms with Crippen LogP contribution in [0.5, 0.6) is 0 Å². The van der Waals surface area contributed by atoms with Crippen LogP contribution in [0, 0.1) is 5.41 Å². The Labute approximate surface area is 143 Å². The third kappa shape index (κ3) is 3.49. The lowest BCUT2D eigenvalue weighted by molar-refractivity contribution is 0.151. The zero-order valence-electron chi connectivity index (χ0n) is 12.9. The second kappa shape index (κ2) is 6.93. The number of aryl methyl sites for hydroxylation is 1. The maximum Gasteiger partial charge on any atom is 0.194 e. The lowest BCUT2D eigenvalue weighted by Crippen LogP contribution is -2.42. The number of rotatable bonds is 3. The number of nitrogens with one attached hydrogen (secondary N) is 1. The molecule has 1 aliphatic carbocycles. The molecule has 0 unspecified atom stereocenters. The molecule has 0 atom stereocenters. The zero-order chi connectivity index (χ0) is 14.0. The summed E-state index contributed by atoms with van der Waals surface area (Å²) in [5, 5.41) is 11.4. The molecule has 1 aromatic rings. The molecule has 0 bridgehead atoms. The van der Waals surface area contributed by atoms with Gasteiger partial charge in [0.1, 0.15) is 12.9 Å². The van der Waals surface area contributed by atoms with Gasteiger partial charge in [-0.2, -0.15) is 0 Å². The number of guanidine groups is 1. The van der Waals surface area contributed by atoms with Gasteiger partial charge in [-0.25, -0.2) is 4.99 Å². The van der Waals surface area contributed by atoms with Gasteiger partial charge in [0.2, 0.25) is 0 Å². The summed E-state index contributed by atoms with van der Waals surface area (Å²) in [4.78, 5) is 7.15. The molecule has 0 aromatic carbocycles. The third-order valence-electron chi connectivity index (χ3n) is 4.66. The van der Waals surface area contributed by atoms with Gasteiger partial charge >= 0.3 is 0 Å². The van der Waals surface area contributed by atoms with E-state index in [0.29, 0.717) is 12.0 Å². The van der Waals surface area contributed by atoms with E-state index < -0.39 is 0 Å². The second-order valence-electron chi connectivity index (χ2n) is 6.05. The second-order valence-corrected chi connectivity index (χ2v) is 6.05. The summed E-state index contributed by atoms with van der Waals surface area (Å²) in [7, 11) is 1.96. The topological polar surface area (TPSA) is 58.3 Å². The van der Waals surface area contributed by atoms with Crippen molar-refractivity contribution in [1.82, 2.24) is 25.0 Å². The van der Waals surface area contributed by atoms with Crippen molar-refractivity contribution in [2.75, 3.05) is 19.6 Å². The van der Waals surface area contributed by atoms with Crippen LogP contribution in [-0.4, -0.2) is 45.3 Å². The van der Waals surface area contributed by atoms with E-state index in [0.717, 1.165) is 31.4 Å². The average molecular weight is 404 g/mol. The summed E-state index contributed by atoms with van der Waals surface area (Å²) in [6.45, 7) is 5.90. The molecule has 0 radical (unpaired) electrons. The highest BCUT2D eigenvalue weighted by Gasteiger charge is 2.43. The molecule has 2 aliphatic rings. The summed E-state index contributed by atoms with van der Waals surface area (Å²) >= 11 is 0. The molecule has 0 amide bonds. The van der Waals surface area contributed by atoms with E-state index in [2.05, 4.69) is 27.3 Å². The molecule has 1 aromatic heterocycles. The van der Waals surface area contributed by atoms with E-state index in [1.54, 1.807) is 6.33 Å². The fourth-order valence-corrected chi connectivity index (χ4v) is 3.22. The molecule has 21 heavy (non-hydrogen) atoms. The van der Waals surface area contributed by atoms with Gasteiger partial charge in [0.15, 0.2) is 11.8 Å². The van der Waals surface area contributed by atoms with Crippen molar-refractivity contribution in [3.05, 3.63) is 12.2 Å². The molecule has 7 heteroatoms. The van der Waals surface area contributed by atoms with E-state index in [9.17, 15) is 0 Å². The third-order valence-corrected chi connectivity index (χ3v) is 4.66. The molecule has 1 saturated carbocycles. The Balaban J connectivity index is 0.00000161. The number of halogens is 1. The van der Waals surface area contributed by atoms with Crippen LogP contribution < -0.4 is 5.32 Å². The van der Waals surface area contributed by atoms with Crippen LogP contribution in [0.1, 0.15) is 38.4 Å². The summed E-state index contributed by atoms with van der Waals surface area (Å²) in [5.41, 5.74) is 0.598. The fraction of sp³-hybridized carbons (Fsp3) is 0.786. The summed E-state index contributed by atoms with van der Waals surface area (Å²) in [6, 6.07) is 0. The summed E-state index contributed by atoms with van der Waals surface area (Å²) in [6.07, 6.45) is 7.23. The standard InChI is InChI=1S/C14H24N6.HI/c1-3-15-13(16-9-12-18-17-11-19(12)2)20-8-7-14(10-20)5-4-6-14;/h11H,3-10H2,1-2H3,(H,15,16);1H. The van der Waals surface area contributed by atoms with Gasteiger partial charge < -0.3 is 14.8 Å². The Morgan fingerprint density at radius 1 is 1.43 bits per heavy atom. The molecule has 1 N–H and O–H groups in total. The molecule has 2 fully saturated rings. The van der Waals surface area contributed by atoms with Gasteiger partial charge in [-0.1, -0.05) is 6.42 Å². The van der Waals surface area contributed by atoms with E-state index >= 15 is 0 Å². The lowest BCUT2D eigenvalue weighted by Gasteiger charge is -2.38. The molecule has 1 aliphatic heterocycles. The molecule has 1 saturated heterocycles. The first kappa shape index (κ1) is 16.5. The highest BCUT2D eigenvalue weighted by molar-refractivity contribution is 14.0. The number of hydrogen-bond donors (Lipinski definition) is 1. The number of aromatic nitrogens is 3. The first-order valence-electron chi connectivity index (χ1n) is 7.59. The smallest absolute Gasteiger partial charge is 0.194 e. The molecule has 118 valence electrons. The van der Waals surface area contributed by atoms with E-state index in [1.807, 2.05) is 11.6 Å². The van der Waals surface area contributed by atoms with Gasteiger partial charge in [-0.05, 0) is 31.6 Å². The molecule has 3 rings (SSSR count). The minimum absolute atomic E-state index is 0. The monoisotopic (exact) mass is 404 g/mol. The first-order chi connectivity index (χ1) is 9.72. The van der Waals surface area contributed by atoms with Crippen molar-refractivity contribution in [1.29, 1.82) is 0 Å². The van der Waals surface area contributed by atoms with Crippen molar-refractivity contribution in [3.8, 4) is 0 Å². The number of nitrogens with zero attached hydrogens (tertiary/aromatic N) is 5. The number of likely N-dealkylation sites (tertiary alicyclic amines) is 1. The lowest BCUT2D eigenvalue weighted by atomic mass is 9.68. The van der Waals surface area contributed by atoms with Crippen LogP contribution in [0.2, 0.25) is 0 Å². The van der Waals surface area contributed by atoms with Crippen molar-refractivity contribution >= 4 is 29.9 Å². The minimum Gasteiger partial charge on any atom is -0.357 e. The Morgan fingerprint density at radius 2 is 2.24 bits per heavy atom. The number of aliphatic imine (C=N–C) groups is 1. The predicted octanol–water partition coefficient (Wildman–Crippen LogP) is 1.77. The van der Waals surface area contributed by atoms with Crippen LogP contribution in [0.15, 0.2) is 11.3 Å². The van der Waals surface area contributed by atoms with Crippen LogP contribution in [0.4, 0.5) is 0 Å². The van der Waals surface area contributed by atoms with Gasteiger partial charge in [0, 0.05) is 26.7 Å². The quantitative estimate of drug-likeness (QED) is 0.474. The predicted molar refractivity (Wildman–Crippen MR) is 93.7 cm³/mol. The first-order valence-corrected chi connectivity index (χ1v) is 7.59. The molecular weight excluding hydrogens is 379 g/mol. The van der Waals surface area contributed by atoms with Crippen molar-refractivity contribution in [3.63, 3.8) is 0 Å². The maximum atomic E-state index is 4.73. The zero-order valence-corrected chi connectivity index (χ0v) is 15.2. The highest BCUT2D eigenvalue weighted by Crippen LogP contribution is 2.47. The largest absolute Gasteiger partial charge is 0.357 e. The minimum atomic E-state index is 0. The van der Waals surface area contributed by atoms with Gasteiger partial charge in [0.25, 0.3) is 0 Å². The van der Waals surface area contributed by atoms with E-state index in [1.165, 1.54) is 25.7 Å². The number of hydrogen-bond acceptors (Lipinski definition) is 3. The van der Waals surface area contributed by atoms with Crippen LogP contribution >= 0.6 is 24.0 Å². The molecule has 6 nitrogen and oxygen atoms in total. The van der Waals surface area contributed by atoms with Gasteiger partial charge in [-0.3, -0.25) is 0 Å². The Kier molecular flexibility index (Phi) is 5.45. The van der Waals surface area contributed by atoms with Gasteiger partial charge in [0.05, 0.1) is 0 Å². The molecule has 2 heterocycles. The van der Waals surface area contributed by atoms with Crippen molar-refractivity contribution in [2.45, 2.75) is 39.2 Å². The average Bonchev–Trinajstić information content (AvgIpc) is 3.01. The fourth-order valence-electron chi connectivity index (χ4n) is 3.22. The Bertz CT molecular complexity index is 493. The van der Waals surface area contributed by atoms with Crippen LogP contribution in [0.25, 0.3) is 0 Å². The van der Waals surface area contributed by atoms with Crippen molar-refractivity contribution < 1.29 is 0 Å². The van der Waals surface area contributed by atoms with Crippen LogP contribution in [0.3, 0.4) is 0 Å². The summed E-state index contributed by atoms with van der Waals surface area (Å²) < 4.78 is 1.92.